The van der Waals surface area contributed by atoms with Crippen molar-refractivity contribution in [1.29, 1.82) is 0 Å². The molecule has 1 fully saturated rings. The van der Waals surface area contributed by atoms with Crippen molar-refractivity contribution < 1.29 is 22.4 Å². The smallest absolute Gasteiger partial charge is 0.416 e. The van der Waals surface area contributed by atoms with Gasteiger partial charge in [-0.25, -0.2) is 9.78 Å². The van der Waals surface area contributed by atoms with E-state index in [2.05, 4.69) is 4.98 Å². The highest BCUT2D eigenvalue weighted by molar-refractivity contribution is 5.96. The van der Waals surface area contributed by atoms with E-state index in [9.17, 15) is 18.0 Å². The minimum absolute atomic E-state index is 0.216. The fourth-order valence-electron chi connectivity index (χ4n) is 3.69. The van der Waals surface area contributed by atoms with Crippen LogP contribution >= 0.6 is 0 Å². The van der Waals surface area contributed by atoms with Gasteiger partial charge in [0.2, 0.25) is 0 Å². The molecule has 0 aliphatic carbocycles. The Hall–Kier alpha value is -2.51. The quantitative estimate of drug-likeness (QED) is 0.756. The minimum Gasteiger partial charge on any atom is -0.444 e. The number of benzene rings is 1. The second-order valence-corrected chi connectivity index (χ2v) is 6.62. The van der Waals surface area contributed by atoms with E-state index < -0.39 is 11.7 Å². The maximum Gasteiger partial charge on any atom is 0.416 e. The first-order valence-corrected chi connectivity index (χ1v) is 8.64. The average molecular weight is 365 g/mol. The Kier molecular flexibility index (Phi) is 4.13. The predicted octanol–water partition coefficient (Wildman–Crippen LogP) is 4.33. The van der Waals surface area contributed by atoms with Crippen LogP contribution in [0.2, 0.25) is 0 Å². The second kappa shape index (κ2) is 6.34. The zero-order valence-electron chi connectivity index (χ0n) is 14.1. The molecule has 26 heavy (non-hydrogen) atoms. The number of rotatable bonds is 1. The summed E-state index contributed by atoms with van der Waals surface area (Å²) < 4.78 is 45.4. The van der Waals surface area contributed by atoms with Crippen molar-refractivity contribution >= 4 is 11.7 Å². The molecule has 0 atom stereocenters. The molecule has 0 bridgehead atoms. The first-order valence-electron chi connectivity index (χ1n) is 8.64. The van der Waals surface area contributed by atoms with Crippen molar-refractivity contribution in [3.05, 3.63) is 35.9 Å². The van der Waals surface area contributed by atoms with E-state index >= 15 is 0 Å². The predicted molar refractivity (Wildman–Crippen MR) is 88.8 cm³/mol. The highest BCUT2D eigenvalue weighted by Crippen LogP contribution is 2.42. The maximum atomic E-state index is 13.4. The molecule has 0 N–H and O–H groups in total. The number of hydrogen-bond donors (Lipinski definition) is 0. The lowest BCUT2D eigenvalue weighted by atomic mass is 9.99. The van der Waals surface area contributed by atoms with Gasteiger partial charge in [0, 0.05) is 25.2 Å². The molecular weight excluding hydrogens is 347 g/mol. The monoisotopic (exact) mass is 365 g/mol. The van der Waals surface area contributed by atoms with Crippen LogP contribution in [0.4, 0.5) is 23.7 Å². The number of urea groups is 1. The molecule has 0 unspecified atom stereocenters. The molecule has 2 aliphatic rings. The number of hydrogen-bond acceptors (Lipinski definition) is 3. The second-order valence-electron chi connectivity index (χ2n) is 6.62. The number of piperidine rings is 1. The third-order valence-corrected chi connectivity index (χ3v) is 4.99. The van der Waals surface area contributed by atoms with E-state index in [0.29, 0.717) is 42.9 Å². The van der Waals surface area contributed by atoms with Crippen LogP contribution < -0.4 is 4.90 Å². The summed E-state index contributed by atoms with van der Waals surface area (Å²) in [6, 6.07) is 1.93. The number of carbonyl (C=O) groups excluding carboxylic acids is 1. The van der Waals surface area contributed by atoms with E-state index in [0.717, 1.165) is 31.4 Å². The van der Waals surface area contributed by atoms with Gasteiger partial charge in [0.25, 0.3) is 0 Å². The van der Waals surface area contributed by atoms with Crippen molar-refractivity contribution in [3.63, 3.8) is 0 Å². The number of halogens is 3. The van der Waals surface area contributed by atoms with Gasteiger partial charge in [0.05, 0.1) is 17.4 Å². The van der Waals surface area contributed by atoms with Crippen LogP contribution in [0.3, 0.4) is 0 Å². The van der Waals surface area contributed by atoms with Crippen molar-refractivity contribution in [1.82, 2.24) is 9.88 Å². The van der Waals surface area contributed by atoms with Gasteiger partial charge < -0.3 is 9.32 Å². The summed E-state index contributed by atoms with van der Waals surface area (Å²) in [5, 5.41) is 0. The Morgan fingerprint density at radius 2 is 1.88 bits per heavy atom. The average Bonchev–Trinajstić information content (AvgIpc) is 3.30. The fraction of sp³-hybridized carbons (Fsp3) is 0.444. The lowest BCUT2D eigenvalue weighted by molar-refractivity contribution is -0.137. The van der Waals surface area contributed by atoms with Gasteiger partial charge in [-0.3, -0.25) is 4.90 Å². The molecule has 2 amide bonds. The summed E-state index contributed by atoms with van der Waals surface area (Å²) in [6.45, 7) is 1.67. The molecule has 0 spiro atoms. The number of nitrogens with zero attached hydrogens (tertiary/aromatic N) is 3. The van der Waals surface area contributed by atoms with Crippen LogP contribution in [-0.4, -0.2) is 35.5 Å². The molecule has 4 rings (SSSR count). The molecule has 8 heteroatoms. The summed E-state index contributed by atoms with van der Waals surface area (Å²) in [5.41, 5.74) is 0.573. The Bertz CT molecular complexity index is 812. The van der Waals surface area contributed by atoms with E-state index in [4.69, 9.17) is 4.42 Å². The maximum absolute atomic E-state index is 13.4. The third-order valence-electron chi connectivity index (χ3n) is 4.99. The number of carbonyl (C=O) groups is 1. The van der Waals surface area contributed by atoms with E-state index in [1.54, 1.807) is 4.90 Å². The summed E-state index contributed by atoms with van der Waals surface area (Å²) in [7, 11) is 0. The number of alkyl halides is 3. The highest BCUT2D eigenvalue weighted by atomic mass is 19.4. The molecule has 2 aliphatic heterocycles. The Morgan fingerprint density at radius 3 is 2.54 bits per heavy atom. The normalized spacial score (nSPS) is 17.5. The van der Waals surface area contributed by atoms with Crippen LogP contribution in [0.25, 0.3) is 11.3 Å². The standard InChI is InChI=1S/C18H18F3N3O2/c19-18(20,21)12-8-14(16-10-22-11-26-16)13-4-7-24(15(13)9-12)17(25)23-5-2-1-3-6-23/h8-11H,1-7H2. The lowest BCUT2D eigenvalue weighted by Gasteiger charge is -2.31. The van der Waals surface area contributed by atoms with Gasteiger partial charge in [-0.05, 0) is 43.4 Å². The number of fused-ring (bicyclic) bond motifs is 1. The van der Waals surface area contributed by atoms with Crippen molar-refractivity contribution in [2.24, 2.45) is 0 Å². The molecule has 3 heterocycles. The fourth-order valence-corrected chi connectivity index (χ4v) is 3.69. The van der Waals surface area contributed by atoms with E-state index in [1.165, 1.54) is 17.5 Å². The number of aromatic nitrogens is 1. The first kappa shape index (κ1) is 16.9. The largest absolute Gasteiger partial charge is 0.444 e. The van der Waals surface area contributed by atoms with E-state index in [-0.39, 0.29) is 11.8 Å². The Balaban J connectivity index is 1.77. The van der Waals surface area contributed by atoms with Crippen molar-refractivity contribution in [2.45, 2.75) is 31.9 Å². The SMILES string of the molecule is O=C(N1CCCCC1)N1CCc2c(-c3cnco3)cc(C(F)(F)F)cc21. The van der Waals surface area contributed by atoms with Gasteiger partial charge in [-0.15, -0.1) is 0 Å². The number of anilines is 1. The molecule has 0 radical (unpaired) electrons. The summed E-state index contributed by atoms with van der Waals surface area (Å²) in [4.78, 5) is 19.9. The lowest BCUT2D eigenvalue weighted by Crippen LogP contribution is -2.45. The Morgan fingerprint density at radius 1 is 1.12 bits per heavy atom. The number of oxazole rings is 1. The molecule has 1 aromatic heterocycles. The van der Waals surface area contributed by atoms with Crippen LogP contribution in [-0.2, 0) is 12.6 Å². The third kappa shape index (κ3) is 2.93. The minimum atomic E-state index is -4.51. The summed E-state index contributed by atoms with van der Waals surface area (Å²) >= 11 is 0. The molecular formula is C18H18F3N3O2. The topological polar surface area (TPSA) is 49.6 Å². The van der Waals surface area contributed by atoms with Gasteiger partial charge in [-0.2, -0.15) is 13.2 Å². The van der Waals surface area contributed by atoms with Crippen LogP contribution in [0, 0.1) is 0 Å². The molecule has 5 nitrogen and oxygen atoms in total. The van der Waals surface area contributed by atoms with Gasteiger partial charge >= 0.3 is 12.2 Å². The molecule has 1 saturated heterocycles. The van der Waals surface area contributed by atoms with E-state index in [1.807, 2.05) is 0 Å². The number of amides is 2. The van der Waals surface area contributed by atoms with Crippen LogP contribution in [0.15, 0.2) is 29.1 Å². The van der Waals surface area contributed by atoms with Gasteiger partial charge in [-0.1, -0.05) is 0 Å². The van der Waals surface area contributed by atoms with Crippen LogP contribution in [0.5, 0.6) is 0 Å². The summed E-state index contributed by atoms with van der Waals surface area (Å²) in [6.07, 6.45) is 1.50. The summed E-state index contributed by atoms with van der Waals surface area (Å²) in [5.74, 6) is 0.277. The molecule has 1 aromatic carbocycles. The molecule has 2 aromatic rings. The van der Waals surface area contributed by atoms with Crippen LogP contribution in [0.1, 0.15) is 30.4 Å². The molecule has 0 saturated carbocycles. The van der Waals surface area contributed by atoms with Crippen molar-refractivity contribution in [3.8, 4) is 11.3 Å². The molecule has 138 valence electrons. The number of likely N-dealkylation sites (tertiary alicyclic amines) is 1. The zero-order valence-corrected chi connectivity index (χ0v) is 14.1. The first-order chi connectivity index (χ1) is 12.4. The van der Waals surface area contributed by atoms with Crippen molar-refractivity contribution in [2.75, 3.05) is 24.5 Å². The zero-order chi connectivity index (χ0) is 18.3. The van der Waals surface area contributed by atoms with Gasteiger partial charge in [0.15, 0.2) is 12.2 Å². The van der Waals surface area contributed by atoms with Gasteiger partial charge in [0.1, 0.15) is 0 Å². The Labute approximate surface area is 148 Å². The highest BCUT2D eigenvalue weighted by Gasteiger charge is 2.37.